The zero-order chi connectivity index (χ0) is 8.93. The third-order valence-electron chi connectivity index (χ3n) is 2.38. The summed E-state index contributed by atoms with van der Waals surface area (Å²) >= 11 is 0. The van der Waals surface area contributed by atoms with Crippen molar-refractivity contribution in [2.75, 3.05) is 0 Å². The lowest BCUT2D eigenvalue weighted by atomic mass is 9.91. The topological polar surface area (TPSA) is 75.6 Å². The first-order valence-corrected chi connectivity index (χ1v) is 3.78. The number of fused-ring (bicyclic) bond motifs is 2. The molecule has 0 aromatic carbocycles. The maximum absolute atomic E-state index is 11.1. The largest absolute Gasteiger partial charge is 0.458 e. The summed E-state index contributed by atoms with van der Waals surface area (Å²) in [6.07, 6.45) is -0.293. The molecule has 1 amide bonds. The lowest BCUT2D eigenvalue weighted by molar-refractivity contribution is -0.159. The predicted molar refractivity (Wildman–Crippen MR) is 37.1 cm³/mol. The van der Waals surface area contributed by atoms with Crippen molar-refractivity contribution in [3.63, 3.8) is 0 Å². The van der Waals surface area contributed by atoms with Crippen molar-refractivity contribution >= 4 is 11.9 Å². The molecule has 0 aromatic heterocycles. The number of aliphatic hydroxyl groups is 1. The van der Waals surface area contributed by atoms with Crippen LogP contribution < -0.4 is 5.32 Å². The predicted octanol–water partition coefficient (Wildman–Crippen LogP) is -1.45. The molecular weight excluding hydrogens is 162 g/mol. The third kappa shape index (κ3) is 0.714. The minimum atomic E-state index is -1.92. The van der Waals surface area contributed by atoms with E-state index >= 15 is 0 Å². The number of piperidine rings is 1. The van der Waals surface area contributed by atoms with Crippen LogP contribution in [0.3, 0.4) is 0 Å². The van der Waals surface area contributed by atoms with Crippen molar-refractivity contribution in [1.29, 1.82) is 0 Å². The highest BCUT2D eigenvalue weighted by molar-refractivity contribution is 6.08. The van der Waals surface area contributed by atoms with Gasteiger partial charge in [-0.3, -0.25) is 4.79 Å². The van der Waals surface area contributed by atoms with Crippen molar-refractivity contribution in [1.82, 2.24) is 5.32 Å². The fourth-order valence-electron chi connectivity index (χ4n) is 1.53. The van der Waals surface area contributed by atoms with Crippen LogP contribution in [-0.4, -0.2) is 34.7 Å². The summed E-state index contributed by atoms with van der Waals surface area (Å²) in [5, 5.41) is 12.0. The number of rotatable bonds is 0. The first-order chi connectivity index (χ1) is 5.54. The molecule has 2 heterocycles. The second-order valence-corrected chi connectivity index (χ2v) is 3.27. The molecule has 2 aliphatic rings. The molecule has 2 bridgehead atoms. The smallest absolute Gasteiger partial charge is 0.348 e. The van der Waals surface area contributed by atoms with E-state index in [0.717, 1.165) is 0 Å². The monoisotopic (exact) mass is 171 g/mol. The molecule has 2 N–H and O–H groups in total. The lowest BCUT2D eigenvalue weighted by Gasteiger charge is -2.26. The molecule has 0 radical (unpaired) electrons. The lowest BCUT2D eigenvalue weighted by Crippen LogP contribution is -2.57. The summed E-state index contributed by atoms with van der Waals surface area (Å²) in [5.74, 6) is -1.47. The zero-order valence-corrected chi connectivity index (χ0v) is 6.53. The van der Waals surface area contributed by atoms with Gasteiger partial charge in [-0.15, -0.1) is 0 Å². The van der Waals surface area contributed by atoms with Crippen LogP contribution in [0.5, 0.6) is 0 Å². The van der Waals surface area contributed by atoms with E-state index in [1.54, 1.807) is 6.92 Å². The third-order valence-corrected chi connectivity index (χ3v) is 2.38. The standard InChI is InChI=1S/C7H9NO4/c1-3-4-2-7(11,5(9)8-3)6(10)12-4/h3-4,11H,2H2,1H3,(H,8,9)/t3-,4+,7+/m0/s1. The summed E-state index contributed by atoms with van der Waals surface area (Å²) in [4.78, 5) is 22.1. The zero-order valence-electron chi connectivity index (χ0n) is 6.53. The molecule has 0 saturated carbocycles. The van der Waals surface area contributed by atoms with E-state index in [4.69, 9.17) is 4.74 Å². The molecule has 5 nitrogen and oxygen atoms in total. The van der Waals surface area contributed by atoms with Crippen LogP contribution in [-0.2, 0) is 14.3 Å². The Kier molecular flexibility index (Phi) is 1.24. The van der Waals surface area contributed by atoms with Gasteiger partial charge in [0, 0.05) is 6.42 Å². The number of hydrogen-bond donors (Lipinski definition) is 2. The molecule has 2 saturated heterocycles. The number of carbonyl (C=O) groups is 2. The molecule has 0 unspecified atom stereocenters. The number of ether oxygens (including phenoxy) is 1. The van der Waals surface area contributed by atoms with Crippen LogP contribution in [0.2, 0.25) is 0 Å². The van der Waals surface area contributed by atoms with Gasteiger partial charge in [0.05, 0.1) is 6.04 Å². The molecule has 2 fully saturated rings. The number of carbonyl (C=O) groups excluding carboxylic acids is 2. The van der Waals surface area contributed by atoms with Crippen LogP contribution in [0.4, 0.5) is 0 Å². The fraction of sp³-hybridized carbons (Fsp3) is 0.714. The van der Waals surface area contributed by atoms with Crippen molar-refractivity contribution in [3.8, 4) is 0 Å². The SMILES string of the molecule is C[C@@H]1NC(=O)[C@]2(O)C[C@H]1OC2=O. The molecule has 0 aliphatic carbocycles. The van der Waals surface area contributed by atoms with E-state index in [2.05, 4.69) is 5.32 Å². The average molecular weight is 171 g/mol. The van der Waals surface area contributed by atoms with Crippen LogP contribution in [0.15, 0.2) is 0 Å². The molecule has 2 aliphatic heterocycles. The van der Waals surface area contributed by atoms with Gasteiger partial charge in [-0.2, -0.15) is 0 Å². The summed E-state index contributed by atoms with van der Waals surface area (Å²) < 4.78 is 4.80. The van der Waals surface area contributed by atoms with Crippen LogP contribution in [0.1, 0.15) is 13.3 Å². The Labute approximate surface area is 68.7 Å². The number of nitrogens with one attached hydrogen (secondary N) is 1. The second-order valence-electron chi connectivity index (χ2n) is 3.27. The van der Waals surface area contributed by atoms with E-state index in [1.807, 2.05) is 0 Å². The fourth-order valence-corrected chi connectivity index (χ4v) is 1.53. The molecule has 2 rings (SSSR count). The molecule has 3 atom stereocenters. The minimum Gasteiger partial charge on any atom is -0.458 e. The van der Waals surface area contributed by atoms with Crippen LogP contribution in [0.25, 0.3) is 0 Å². The maximum atomic E-state index is 11.1. The Morgan fingerprint density at radius 1 is 1.67 bits per heavy atom. The van der Waals surface area contributed by atoms with Gasteiger partial charge in [0.25, 0.3) is 5.91 Å². The molecule has 0 aromatic rings. The van der Waals surface area contributed by atoms with Gasteiger partial charge in [0.2, 0.25) is 5.60 Å². The van der Waals surface area contributed by atoms with E-state index < -0.39 is 17.5 Å². The minimum absolute atomic E-state index is 0.0822. The molecule has 12 heavy (non-hydrogen) atoms. The van der Waals surface area contributed by atoms with Gasteiger partial charge in [-0.1, -0.05) is 0 Å². The molecular formula is C7H9NO4. The maximum Gasteiger partial charge on any atom is 0.348 e. The Bertz CT molecular complexity index is 264. The second kappa shape index (κ2) is 1.98. The van der Waals surface area contributed by atoms with Crippen molar-refractivity contribution in [3.05, 3.63) is 0 Å². The van der Waals surface area contributed by atoms with Gasteiger partial charge >= 0.3 is 5.97 Å². The van der Waals surface area contributed by atoms with Gasteiger partial charge in [-0.25, -0.2) is 4.79 Å². The van der Waals surface area contributed by atoms with E-state index in [9.17, 15) is 14.7 Å². The van der Waals surface area contributed by atoms with Crippen molar-refractivity contribution in [2.45, 2.75) is 31.1 Å². The van der Waals surface area contributed by atoms with Gasteiger partial charge in [-0.05, 0) is 6.92 Å². The Balaban J connectivity index is 2.37. The molecule has 66 valence electrons. The first-order valence-electron chi connectivity index (χ1n) is 3.78. The van der Waals surface area contributed by atoms with Crippen molar-refractivity contribution < 1.29 is 19.4 Å². The Hall–Kier alpha value is -1.10. The summed E-state index contributed by atoms with van der Waals surface area (Å²) in [7, 11) is 0. The highest BCUT2D eigenvalue weighted by atomic mass is 16.6. The molecule has 0 spiro atoms. The number of esters is 1. The Morgan fingerprint density at radius 3 is 3.00 bits per heavy atom. The quantitative estimate of drug-likeness (QED) is 0.345. The highest BCUT2D eigenvalue weighted by Gasteiger charge is 2.58. The Morgan fingerprint density at radius 2 is 2.33 bits per heavy atom. The average Bonchev–Trinajstić information content (AvgIpc) is 2.25. The van der Waals surface area contributed by atoms with E-state index in [0.29, 0.717) is 0 Å². The van der Waals surface area contributed by atoms with Gasteiger partial charge in [0.1, 0.15) is 6.10 Å². The summed E-state index contributed by atoms with van der Waals surface area (Å²) in [6, 6.07) is -0.204. The van der Waals surface area contributed by atoms with E-state index in [-0.39, 0.29) is 18.6 Å². The number of hydrogen-bond acceptors (Lipinski definition) is 4. The number of amides is 1. The first kappa shape index (κ1) is 7.54. The highest BCUT2D eigenvalue weighted by Crippen LogP contribution is 2.31. The van der Waals surface area contributed by atoms with Gasteiger partial charge < -0.3 is 15.2 Å². The van der Waals surface area contributed by atoms with Gasteiger partial charge in [0.15, 0.2) is 0 Å². The van der Waals surface area contributed by atoms with E-state index in [1.165, 1.54) is 0 Å². The van der Waals surface area contributed by atoms with Crippen molar-refractivity contribution in [2.24, 2.45) is 0 Å². The summed E-state index contributed by atoms with van der Waals surface area (Å²) in [6.45, 7) is 1.74. The normalized spacial score (nSPS) is 45.5. The van der Waals surface area contributed by atoms with Crippen LogP contribution >= 0.6 is 0 Å². The molecule has 5 heteroatoms. The summed E-state index contributed by atoms with van der Waals surface area (Å²) in [5.41, 5.74) is -1.92. The van der Waals surface area contributed by atoms with Crippen LogP contribution in [0, 0.1) is 0 Å².